The van der Waals surface area contributed by atoms with E-state index in [1.807, 2.05) is 0 Å². The molecule has 1 saturated heterocycles. The fourth-order valence-electron chi connectivity index (χ4n) is 2.41. The Bertz CT molecular complexity index is 192. The molecular weight excluding hydrogens is 256 g/mol. The summed E-state index contributed by atoms with van der Waals surface area (Å²) in [6, 6.07) is 0.782. The lowest BCUT2D eigenvalue weighted by atomic mass is 10.0. The maximum absolute atomic E-state index is 4.39. The molecular formula is C11H26N2S3. The number of piperidine rings is 1. The van der Waals surface area contributed by atoms with Crippen molar-refractivity contribution in [2.24, 2.45) is 5.92 Å². The second-order valence-electron chi connectivity index (χ2n) is 5.20. The van der Waals surface area contributed by atoms with Gasteiger partial charge in [-0.25, -0.2) is 0 Å². The van der Waals surface area contributed by atoms with Crippen molar-refractivity contribution >= 4 is 32.3 Å². The predicted octanol–water partition coefficient (Wildman–Crippen LogP) is 2.69. The Morgan fingerprint density at radius 1 is 1.31 bits per heavy atom. The predicted molar refractivity (Wildman–Crippen MR) is 83.9 cm³/mol. The Morgan fingerprint density at radius 2 is 1.88 bits per heavy atom. The molecule has 1 rings (SSSR count). The smallest absolute Gasteiger partial charge is 0.0427 e. The molecule has 1 aliphatic heterocycles. The third-order valence-electron chi connectivity index (χ3n) is 3.16. The molecule has 0 radical (unpaired) electrons. The van der Waals surface area contributed by atoms with E-state index in [1.54, 1.807) is 0 Å². The van der Waals surface area contributed by atoms with Crippen molar-refractivity contribution in [1.82, 2.24) is 9.80 Å². The van der Waals surface area contributed by atoms with E-state index in [0.29, 0.717) is 0 Å². The number of likely N-dealkylation sites (tertiary alicyclic amines) is 1. The van der Waals surface area contributed by atoms with E-state index in [-0.39, 0.29) is 8.96 Å². The lowest BCUT2D eigenvalue weighted by molar-refractivity contribution is 0.131. The highest BCUT2D eigenvalue weighted by Crippen LogP contribution is 2.36. The van der Waals surface area contributed by atoms with Crippen molar-refractivity contribution in [2.45, 2.75) is 32.7 Å². The highest BCUT2D eigenvalue weighted by molar-refractivity contribution is 9.09. The number of nitrogens with zero attached hydrogens (tertiary/aromatic N) is 2. The average Bonchev–Trinajstić information content (AvgIpc) is 2.16. The van der Waals surface area contributed by atoms with Gasteiger partial charge in [-0.3, -0.25) is 4.90 Å². The molecule has 0 aromatic carbocycles. The van der Waals surface area contributed by atoms with E-state index in [9.17, 15) is 0 Å². The van der Waals surface area contributed by atoms with E-state index in [1.165, 1.54) is 32.5 Å². The zero-order valence-corrected chi connectivity index (χ0v) is 13.3. The van der Waals surface area contributed by atoms with Crippen molar-refractivity contribution in [3.63, 3.8) is 0 Å². The Morgan fingerprint density at radius 3 is 2.31 bits per heavy atom. The molecule has 98 valence electrons. The Kier molecular flexibility index (Phi) is 6.96. The van der Waals surface area contributed by atoms with Crippen molar-refractivity contribution in [3.05, 3.63) is 0 Å². The fraction of sp³-hybridized carbons (Fsp3) is 1.00. The van der Waals surface area contributed by atoms with Crippen LogP contribution in [-0.2, 0) is 0 Å². The first-order chi connectivity index (χ1) is 7.49. The lowest BCUT2D eigenvalue weighted by Gasteiger charge is -2.38. The summed E-state index contributed by atoms with van der Waals surface area (Å²) in [5.41, 5.74) is 0. The van der Waals surface area contributed by atoms with E-state index in [0.717, 1.165) is 17.8 Å². The number of thiol groups is 3. The van der Waals surface area contributed by atoms with Gasteiger partial charge in [0.2, 0.25) is 0 Å². The van der Waals surface area contributed by atoms with E-state index >= 15 is 0 Å². The molecule has 1 fully saturated rings. The Hall–Kier alpha value is 0.970. The van der Waals surface area contributed by atoms with Crippen LogP contribution in [0.2, 0.25) is 0 Å². The van der Waals surface area contributed by atoms with E-state index in [4.69, 9.17) is 0 Å². The quantitative estimate of drug-likeness (QED) is 0.527. The lowest BCUT2D eigenvalue weighted by Crippen LogP contribution is -2.44. The molecule has 1 heterocycles. The first-order valence-corrected chi connectivity index (χ1v) is 9.90. The summed E-state index contributed by atoms with van der Waals surface area (Å²) in [4.78, 5) is 5.04. The molecule has 0 atom stereocenters. The minimum absolute atomic E-state index is 0.366. The molecule has 0 spiro atoms. The summed E-state index contributed by atoms with van der Waals surface area (Å²) in [7, 11) is 1.90. The largest absolute Gasteiger partial charge is 0.303 e. The van der Waals surface area contributed by atoms with Gasteiger partial charge in [-0.1, -0.05) is 13.8 Å². The van der Waals surface area contributed by atoms with Gasteiger partial charge in [-0.2, -0.15) is 0 Å². The fourth-order valence-corrected chi connectivity index (χ4v) is 4.12. The van der Waals surface area contributed by atoms with Crippen LogP contribution in [0.15, 0.2) is 0 Å². The number of hydrogen-bond donors (Lipinski definition) is 3. The SMILES string of the molecule is CC(C)CN(C)C1CCN(C[SH](S)S)CC1. The van der Waals surface area contributed by atoms with Crippen molar-refractivity contribution in [2.75, 3.05) is 32.6 Å². The summed E-state index contributed by atoms with van der Waals surface area (Å²) in [5, 5.41) is 0. The van der Waals surface area contributed by atoms with Crippen molar-refractivity contribution in [3.8, 4) is 0 Å². The summed E-state index contributed by atoms with van der Waals surface area (Å²) < 4.78 is 0. The first-order valence-electron chi connectivity index (χ1n) is 6.07. The summed E-state index contributed by atoms with van der Waals surface area (Å²) in [6.07, 6.45) is 2.60. The second kappa shape index (κ2) is 7.41. The molecule has 0 aromatic heterocycles. The highest BCUT2D eigenvalue weighted by atomic mass is 33.5. The van der Waals surface area contributed by atoms with Gasteiger partial charge in [0.1, 0.15) is 0 Å². The molecule has 0 aliphatic carbocycles. The van der Waals surface area contributed by atoms with Crippen LogP contribution in [0.25, 0.3) is 0 Å². The van der Waals surface area contributed by atoms with E-state index < -0.39 is 0 Å². The van der Waals surface area contributed by atoms with Crippen LogP contribution >= 0.6 is 32.3 Å². The normalized spacial score (nSPS) is 20.8. The summed E-state index contributed by atoms with van der Waals surface area (Å²) >= 11 is 8.79. The zero-order chi connectivity index (χ0) is 12.1. The van der Waals surface area contributed by atoms with Gasteiger partial charge in [0.15, 0.2) is 0 Å². The number of rotatable bonds is 5. The van der Waals surface area contributed by atoms with Crippen LogP contribution in [0.4, 0.5) is 0 Å². The molecule has 1 aliphatic rings. The van der Waals surface area contributed by atoms with Crippen LogP contribution in [-0.4, -0.2) is 48.4 Å². The van der Waals surface area contributed by atoms with Gasteiger partial charge in [0, 0.05) is 31.6 Å². The summed E-state index contributed by atoms with van der Waals surface area (Å²) in [6.45, 7) is 8.23. The molecule has 0 aromatic rings. The van der Waals surface area contributed by atoms with Crippen LogP contribution < -0.4 is 0 Å². The van der Waals surface area contributed by atoms with Gasteiger partial charge in [0.25, 0.3) is 0 Å². The third kappa shape index (κ3) is 5.54. The van der Waals surface area contributed by atoms with Crippen molar-refractivity contribution < 1.29 is 0 Å². The van der Waals surface area contributed by atoms with Gasteiger partial charge in [-0.05, 0) is 25.8 Å². The molecule has 0 N–H and O–H groups in total. The molecule has 2 nitrogen and oxygen atoms in total. The second-order valence-corrected chi connectivity index (χ2v) is 10.1. The molecule has 0 unspecified atom stereocenters. The average molecular weight is 283 g/mol. The molecule has 5 heteroatoms. The van der Waals surface area contributed by atoms with Gasteiger partial charge < -0.3 is 4.90 Å². The zero-order valence-electron chi connectivity index (χ0n) is 10.6. The third-order valence-corrected chi connectivity index (χ3v) is 4.57. The van der Waals surface area contributed by atoms with Gasteiger partial charge in [0.05, 0.1) is 0 Å². The summed E-state index contributed by atoms with van der Waals surface area (Å²) in [5.74, 6) is 1.84. The highest BCUT2D eigenvalue weighted by Gasteiger charge is 2.22. The van der Waals surface area contributed by atoms with Gasteiger partial charge >= 0.3 is 0 Å². The Balaban J connectivity index is 2.25. The molecule has 0 bridgehead atoms. The maximum atomic E-state index is 4.39. The molecule has 0 amide bonds. The van der Waals surface area contributed by atoms with Crippen molar-refractivity contribution in [1.29, 1.82) is 0 Å². The van der Waals surface area contributed by atoms with Gasteiger partial charge in [-0.15, -0.1) is 32.3 Å². The van der Waals surface area contributed by atoms with Crippen LogP contribution in [0.5, 0.6) is 0 Å². The monoisotopic (exact) mass is 282 g/mol. The first kappa shape index (κ1) is 15.0. The topological polar surface area (TPSA) is 6.48 Å². The standard InChI is InChI=1S/C11H26N2S3/c1-10(2)8-12(3)11-4-6-13(7-5-11)9-16(14)15/h10-11,14-16H,4-9H2,1-3H3. The Labute approximate surface area is 113 Å². The van der Waals surface area contributed by atoms with E-state index in [2.05, 4.69) is 54.0 Å². The minimum Gasteiger partial charge on any atom is -0.303 e. The minimum atomic E-state index is -0.366. The molecule has 16 heavy (non-hydrogen) atoms. The maximum Gasteiger partial charge on any atom is 0.0427 e. The molecule has 0 saturated carbocycles. The van der Waals surface area contributed by atoms with Crippen LogP contribution in [0.1, 0.15) is 26.7 Å². The number of hydrogen-bond acceptors (Lipinski definition) is 4. The van der Waals surface area contributed by atoms with Crippen LogP contribution in [0, 0.1) is 5.92 Å². The van der Waals surface area contributed by atoms with Crippen LogP contribution in [0.3, 0.4) is 0 Å².